The van der Waals surface area contributed by atoms with Crippen molar-refractivity contribution in [3.8, 4) is 0 Å². The zero-order valence-corrected chi connectivity index (χ0v) is 21.0. The van der Waals surface area contributed by atoms with Crippen LogP contribution < -0.4 is 10.2 Å². The summed E-state index contributed by atoms with van der Waals surface area (Å²) in [6, 6.07) is 11.9. The van der Waals surface area contributed by atoms with Crippen molar-refractivity contribution in [3.05, 3.63) is 76.0 Å². The Bertz CT molecular complexity index is 1160. The molecule has 2 aliphatic heterocycles. The van der Waals surface area contributed by atoms with E-state index in [-0.39, 0.29) is 17.0 Å². The van der Waals surface area contributed by atoms with Crippen LogP contribution in [-0.2, 0) is 16.7 Å². The number of anilines is 1. The molecule has 4 rings (SSSR count). The summed E-state index contributed by atoms with van der Waals surface area (Å²) < 4.78 is 6.16. The van der Waals surface area contributed by atoms with Gasteiger partial charge >= 0.3 is 12.0 Å². The van der Waals surface area contributed by atoms with Crippen LogP contribution in [0.3, 0.4) is 0 Å². The average molecular weight is 483 g/mol. The van der Waals surface area contributed by atoms with Crippen molar-refractivity contribution in [2.24, 2.45) is 5.41 Å². The second-order valence-electron chi connectivity index (χ2n) is 10.8. The third kappa shape index (κ3) is 4.44. The van der Waals surface area contributed by atoms with Crippen molar-refractivity contribution in [1.29, 1.82) is 0 Å². The highest BCUT2D eigenvalue weighted by Gasteiger charge is 2.54. The Balaban J connectivity index is 1.72. The number of aryl methyl sites for hydroxylation is 1. The summed E-state index contributed by atoms with van der Waals surface area (Å²) in [6.07, 6.45) is 3.71. The van der Waals surface area contributed by atoms with Gasteiger partial charge in [0.1, 0.15) is 5.54 Å². The molecule has 0 unspecified atom stereocenters. The van der Waals surface area contributed by atoms with Crippen LogP contribution in [0, 0.1) is 5.41 Å². The van der Waals surface area contributed by atoms with E-state index in [4.69, 9.17) is 16.3 Å². The number of carbonyl (C=O) groups excluding carboxylic acids is 1. The van der Waals surface area contributed by atoms with E-state index in [0.717, 1.165) is 29.5 Å². The molecule has 2 amide bonds. The number of aromatic carboxylic acids is 1. The number of urea groups is 1. The van der Waals surface area contributed by atoms with Crippen molar-refractivity contribution < 1.29 is 19.4 Å². The molecule has 1 atom stereocenters. The number of hydrogen-bond acceptors (Lipinski definition) is 3. The van der Waals surface area contributed by atoms with Gasteiger partial charge in [0.05, 0.1) is 23.5 Å². The monoisotopic (exact) mass is 482 g/mol. The minimum atomic E-state index is -1.01. The Kier molecular flexibility index (Phi) is 6.03. The molecular weight excluding hydrogens is 452 g/mol. The van der Waals surface area contributed by atoms with Crippen molar-refractivity contribution in [1.82, 2.24) is 5.32 Å². The zero-order valence-electron chi connectivity index (χ0n) is 20.2. The third-order valence-electron chi connectivity index (χ3n) is 6.64. The van der Waals surface area contributed by atoms with Crippen molar-refractivity contribution in [2.75, 3.05) is 11.5 Å². The lowest BCUT2D eigenvalue weighted by Crippen LogP contribution is -2.56. The number of carboxylic acids is 1. The molecule has 34 heavy (non-hydrogen) atoms. The molecule has 2 aliphatic rings. The van der Waals surface area contributed by atoms with Crippen LogP contribution >= 0.6 is 11.6 Å². The topological polar surface area (TPSA) is 78.9 Å². The number of carbonyl (C=O) groups is 2. The number of carboxylic acid groups (broad SMARTS) is 1. The number of benzene rings is 2. The summed E-state index contributed by atoms with van der Waals surface area (Å²) in [6.45, 7) is 10.9. The van der Waals surface area contributed by atoms with Crippen molar-refractivity contribution in [3.63, 3.8) is 0 Å². The minimum Gasteiger partial charge on any atom is -0.478 e. The number of rotatable bonds is 5. The van der Waals surface area contributed by atoms with Gasteiger partial charge in [-0.25, -0.2) is 9.59 Å². The quantitative estimate of drug-likeness (QED) is 0.537. The molecule has 1 fully saturated rings. The number of fused-ring (bicyclic) bond motifs is 1. The maximum absolute atomic E-state index is 13.3. The molecule has 0 aliphatic carbocycles. The molecule has 7 heteroatoms. The van der Waals surface area contributed by atoms with E-state index in [1.165, 1.54) is 17.0 Å². The van der Waals surface area contributed by atoms with Crippen molar-refractivity contribution in [2.45, 2.75) is 58.6 Å². The summed E-state index contributed by atoms with van der Waals surface area (Å²) in [7, 11) is 0. The lowest BCUT2D eigenvalue weighted by Gasteiger charge is -2.40. The average Bonchev–Trinajstić information content (AvgIpc) is 3.02. The van der Waals surface area contributed by atoms with E-state index < -0.39 is 17.1 Å². The highest BCUT2D eigenvalue weighted by molar-refractivity contribution is 6.31. The maximum Gasteiger partial charge on any atom is 0.335 e. The molecule has 6 nitrogen and oxygen atoms in total. The molecule has 0 bridgehead atoms. The Morgan fingerprint density at radius 1 is 1.18 bits per heavy atom. The zero-order chi connectivity index (χ0) is 24.9. The molecule has 0 saturated carbocycles. The largest absolute Gasteiger partial charge is 0.478 e. The molecule has 2 aromatic rings. The van der Waals surface area contributed by atoms with Crippen LogP contribution in [0.15, 0.2) is 54.2 Å². The number of nitrogens with one attached hydrogen (secondary N) is 1. The van der Waals surface area contributed by atoms with E-state index in [1.807, 2.05) is 38.2 Å². The first kappa shape index (κ1) is 24.3. The van der Waals surface area contributed by atoms with E-state index in [1.54, 1.807) is 12.1 Å². The molecule has 0 radical (unpaired) electrons. The highest BCUT2D eigenvalue weighted by Crippen LogP contribution is 2.48. The van der Waals surface area contributed by atoms with Gasteiger partial charge in [-0.05, 0) is 73.6 Å². The van der Waals surface area contributed by atoms with Gasteiger partial charge in [0.25, 0.3) is 0 Å². The summed E-state index contributed by atoms with van der Waals surface area (Å²) in [5.74, 6) is -1.01. The molecule has 1 saturated heterocycles. The second kappa shape index (κ2) is 8.43. The van der Waals surface area contributed by atoms with Gasteiger partial charge in [-0.1, -0.05) is 44.5 Å². The van der Waals surface area contributed by atoms with Gasteiger partial charge in [-0.2, -0.15) is 0 Å². The summed E-state index contributed by atoms with van der Waals surface area (Å²) in [5, 5.41) is 13.0. The molecule has 2 N–H and O–H groups in total. The number of halogens is 1. The SMILES string of the molecule is CC(C)(C)CCc1ccc([C@@]23COC(C)(C)C2=CN(c2ccc(C(=O)O)cc2)C(=O)N3)cc1Cl. The van der Waals surface area contributed by atoms with Gasteiger partial charge in [-0.3, -0.25) is 4.90 Å². The minimum absolute atomic E-state index is 0.161. The van der Waals surface area contributed by atoms with Crippen LogP contribution in [0.4, 0.5) is 10.5 Å². The van der Waals surface area contributed by atoms with E-state index in [2.05, 4.69) is 26.1 Å². The van der Waals surface area contributed by atoms with Gasteiger partial charge in [0.2, 0.25) is 0 Å². The summed E-state index contributed by atoms with van der Waals surface area (Å²) in [4.78, 5) is 26.0. The smallest absolute Gasteiger partial charge is 0.335 e. The van der Waals surface area contributed by atoms with Crippen LogP contribution in [0.1, 0.15) is 62.5 Å². The number of nitrogens with zero attached hydrogens (tertiary/aromatic N) is 1. The Morgan fingerprint density at radius 3 is 2.44 bits per heavy atom. The first-order valence-corrected chi connectivity index (χ1v) is 11.8. The molecule has 0 aromatic heterocycles. The molecular formula is C27H31ClN2O4. The summed E-state index contributed by atoms with van der Waals surface area (Å²) in [5.41, 5.74) is 2.36. The molecule has 2 aromatic carbocycles. The molecule has 0 spiro atoms. The Labute approximate surface area is 205 Å². The van der Waals surface area contributed by atoms with Gasteiger partial charge in [0, 0.05) is 16.8 Å². The van der Waals surface area contributed by atoms with Gasteiger partial charge in [0.15, 0.2) is 0 Å². The number of amides is 2. The van der Waals surface area contributed by atoms with Crippen LogP contribution in [-0.4, -0.2) is 29.3 Å². The lowest BCUT2D eigenvalue weighted by molar-refractivity contribution is 0.0461. The van der Waals surface area contributed by atoms with Gasteiger partial charge < -0.3 is 15.2 Å². The Hall–Kier alpha value is -2.83. The van der Waals surface area contributed by atoms with Gasteiger partial charge in [-0.15, -0.1) is 0 Å². The lowest BCUT2D eigenvalue weighted by atomic mass is 9.77. The van der Waals surface area contributed by atoms with E-state index in [0.29, 0.717) is 17.3 Å². The predicted molar refractivity (Wildman–Crippen MR) is 133 cm³/mol. The fourth-order valence-electron chi connectivity index (χ4n) is 4.55. The number of hydrogen-bond donors (Lipinski definition) is 2. The highest BCUT2D eigenvalue weighted by atomic mass is 35.5. The third-order valence-corrected chi connectivity index (χ3v) is 6.99. The molecule has 2 heterocycles. The van der Waals surface area contributed by atoms with E-state index >= 15 is 0 Å². The van der Waals surface area contributed by atoms with Crippen LogP contribution in [0.2, 0.25) is 5.02 Å². The maximum atomic E-state index is 13.3. The predicted octanol–water partition coefficient (Wildman–Crippen LogP) is 6.13. The fraction of sp³-hybridized carbons (Fsp3) is 0.407. The first-order valence-electron chi connectivity index (χ1n) is 11.4. The van der Waals surface area contributed by atoms with Crippen LogP contribution in [0.25, 0.3) is 0 Å². The normalized spacial score (nSPS) is 21.6. The van der Waals surface area contributed by atoms with Crippen LogP contribution in [0.5, 0.6) is 0 Å². The first-order chi connectivity index (χ1) is 15.8. The fourth-order valence-corrected chi connectivity index (χ4v) is 4.83. The summed E-state index contributed by atoms with van der Waals surface area (Å²) >= 11 is 6.71. The standard InChI is InChI=1S/C27H31ClN2O4/c1-25(2,3)13-12-17-6-9-19(14-21(17)28)27-16-34-26(4,5)22(27)15-30(24(33)29-27)20-10-7-18(8-11-20)23(31)32/h6-11,14-15H,12-13,16H2,1-5H3,(H,29,33)(H,31,32)/t27-/m0/s1. The number of ether oxygens (including phenoxy) is 1. The second-order valence-corrected chi connectivity index (χ2v) is 11.2. The Morgan fingerprint density at radius 2 is 1.85 bits per heavy atom. The van der Waals surface area contributed by atoms with E-state index in [9.17, 15) is 14.7 Å². The molecule has 180 valence electrons. The van der Waals surface area contributed by atoms with Crippen molar-refractivity contribution >= 4 is 29.3 Å².